The van der Waals surface area contributed by atoms with Crippen LogP contribution < -0.4 is 4.72 Å². The SMILES string of the molecule is CC1CCN(S(=O)(=O)N[C@H]2COC[C@@H]2N2CCCC2)CC1. The van der Waals surface area contributed by atoms with Gasteiger partial charge in [0.25, 0.3) is 10.2 Å². The van der Waals surface area contributed by atoms with E-state index in [1.165, 1.54) is 12.8 Å². The van der Waals surface area contributed by atoms with Gasteiger partial charge in [-0.25, -0.2) is 0 Å². The highest BCUT2D eigenvalue weighted by molar-refractivity contribution is 7.87. The summed E-state index contributed by atoms with van der Waals surface area (Å²) in [6.45, 7) is 6.72. The summed E-state index contributed by atoms with van der Waals surface area (Å²) in [6, 6.07) is 0.0958. The lowest BCUT2D eigenvalue weighted by atomic mass is 10.0. The van der Waals surface area contributed by atoms with Crippen molar-refractivity contribution in [1.29, 1.82) is 0 Å². The Morgan fingerprint density at radius 2 is 1.71 bits per heavy atom. The third-order valence-corrected chi connectivity index (χ3v) is 6.69. The predicted molar refractivity (Wildman–Crippen MR) is 81.2 cm³/mol. The zero-order chi connectivity index (χ0) is 14.9. The van der Waals surface area contributed by atoms with Gasteiger partial charge in [-0.2, -0.15) is 17.4 Å². The maximum absolute atomic E-state index is 12.5. The third-order valence-electron chi connectivity index (χ3n) is 5.04. The lowest BCUT2D eigenvalue weighted by Crippen LogP contribution is -2.54. The maximum atomic E-state index is 12.5. The van der Waals surface area contributed by atoms with Gasteiger partial charge >= 0.3 is 0 Å². The molecule has 3 fully saturated rings. The zero-order valence-electron chi connectivity index (χ0n) is 12.8. The zero-order valence-corrected chi connectivity index (χ0v) is 13.6. The molecule has 0 unspecified atom stereocenters. The average Bonchev–Trinajstić information content (AvgIpc) is 3.09. The van der Waals surface area contributed by atoms with Gasteiger partial charge in [0.2, 0.25) is 0 Å². The molecule has 0 aromatic heterocycles. The molecule has 6 nitrogen and oxygen atoms in total. The van der Waals surface area contributed by atoms with Crippen LogP contribution in [-0.4, -0.2) is 69.1 Å². The van der Waals surface area contributed by atoms with E-state index in [4.69, 9.17) is 4.74 Å². The lowest BCUT2D eigenvalue weighted by molar-refractivity contribution is 0.159. The first-order valence-corrected chi connectivity index (χ1v) is 9.59. The van der Waals surface area contributed by atoms with Crippen molar-refractivity contribution < 1.29 is 13.2 Å². The van der Waals surface area contributed by atoms with E-state index in [9.17, 15) is 8.42 Å². The Balaban J connectivity index is 1.61. The first-order valence-electron chi connectivity index (χ1n) is 8.15. The highest BCUT2D eigenvalue weighted by atomic mass is 32.2. The fourth-order valence-electron chi connectivity index (χ4n) is 3.58. The van der Waals surface area contributed by atoms with Crippen molar-refractivity contribution in [2.24, 2.45) is 5.92 Å². The van der Waals surface area contributed by atoms with Gasteiger partial charge in [-0.1, -0.05) is 6.92 Å². The number of hydrogen-bond donors (Lipinski definition) is 1. The van der Waals surface area contributed by atoms with E-state index in [0.29, 0.717) is 32.2 Å². The van der Waals surface area contributed by atoms with Crippen LogP contribution in [-0.2, 0) is 14.9 Å². The van der Waals surface area contributed by atoms with Crippen LogP contribution in [0, 0.1) is 5.92 Å². The molecule has 0 radical (unpaired) electrons. The van der Waals surface area contributed by atoms with Crippen molar-refractivity contribution in [1.82, 2.24) is 13.9 Å². The molecule has 3 aliphatic heterocycles. The molecular formula is C14H27N3O3S. The van der Waals surface area contributed by atoms with E-state index in [1.807, 2.05) is 0 Å². The molecule has 2 atom stereocenters. The summed E-state index contributed by atoms with van der Waals surface area (Å²) in [6.07, 6.45) is 4.33. The third kappa shape index (κ3) is 3.59. The van der Waals surface area contributed by atoms with Crippen molar-refractivity contribution >= 4 is 10.2 Å². The molecule has 0 spiro atoms. The van der Waals surface area contributed by atoms with E-state index >= 15 is 0 Å². The average molecular weight is 317 g/mol. The molecule has 7 heteroatoms. The monoisotopic (exact) mass is 317 g/mol. The molecule has 3 aliphatic rings. The largest absolute Gasteiger partial charge is 0.378 e. The summed E-state index contributed by atoms with van der Waals surface area (Å²) >= 11 is 0. The first-order chi connectivity index (χ1) is 10.1. The summed E-state index contributed by atoms with van der Waals surface area (Å²) in [7, 11) is -3.38. The van der Waals surface area contributed by atoms with Crippen LogP contribution in [0.25, 0.3) is 0 Å². The summed E-state index contributed by atoms with van der Waals surface area (Å²) in [5.74, 6) is 0.628. The standard InChI is InChI=1S/C14H27N3O3S/c1-12-4-8-17(9-5-12)21(18,19)15-13-10-20-11-14(13)16-6-2-3-7-16/h12-15H,2-11H2,1H3/t13-,14-/m0/s1. The molecule has 0 aromatic rings. The fourth-order valence-corrected chi connectivity index (χ4v) is 5.03. The van der Waals surface area contributed by atoms with Gasteiger partial charge in [-0.05, 0) is 44.7 Å². The Morgan fingerprint density at radius 1 is 1.05 bits per heavy atom. The molecule has 3 heterocycles. The number of nitrogens with zero attached hydrogens (tertiary/aromatic N) is 2. The summed E-state index contributed by atoms with van der Waals surface area (Å²) in [5, 5.41) is 0. The number of likely N-dealkylation sites (tertiary alicyclic amines) is 1. The summed E-state index contributed by atoms with van der Waals surface area (Å²) < 4.78 is 35.1. The Labute approximate surface area is 128 Å². The highest BCUT2D eigenvalue weighted by Gasteiger charge is 2.38. The van der Waals surface area contributed by atoms with Crippen LogP contribution in [0.2, 0.25) is 0 Å². The van der Waals surface area contributed by atoms with Crippen molar-refractivity contribution in [3.8, 4) is 0 Å². The normalized spacial score (nSPS) is 33.8. The van der Waals surface area contributed by atoms with Gasteiger partial charge < -0.3 is 4.74 Å². The number of rotatable bonds is 4. The van der Waals surface area contributed by atoms with E-state index in [0.717, 1.165) is 25.9 Å². The summed E-state index contributed by atoms with van der Waals surface area (Å²) in [5.41, 5.74) is 0. The molecule has 122 valence electrons. The van der Waals surface area contributed by atoms with Crippen LogP contribution in [0.5, 0.6) is 0 Å². The molecule has 0 aliphatic carbocycles. The topological polar surface area (TPSA) is 61.9 Å². The minimum absolute atomic E-state index is 0.104. The van der Waals surface area contributed by atoms with Gasteiger partial charge in [0.05, 0.1) is 25.3 Å². The Morgan fingerprint density at radius 3 is 2.38 bits per heavy atom. The second-order valence-electron chi connectivity index (χ2n) is 6.66. The van der Waals surface area contributed by atoms with Crippen molar-refractivity contribution in [2.75, 3.05) is 39.4 Å². The molecular weight excluding hydrogens is 290 g/mol. The molecule has 1 N–H and O–H groups in total. The smallest absolute Gasteiger partial charge is 0.279 e. The minimum atomic E-state index is -3.38. The highest BCUT2D eigenvalue weighted by Crippen LogP contribution is 2.22. The van der Waals surface area contributed by atoms with Gasteiger partial charge in [0.1, 0.15) is 0 Å². The first kappa shape index (κ1) is 15.7. The predicted octanol–water partition coefficient (Wildman–Crippen LogP) is 0.416. The second kappa shape index (κ2) is 6.50. The van der Waals surface area contributed by atoms with E-state index < -0.39 is 10.2 Å². The lowest BCUT2D eigenvalue weighted by Gasteiger charge is -2.33. The molecule has 0 amide bonds. The number of piperidine rings is 1. The molecule has 0 aromatic carbocycles. The van der Waals surface area contributed by atoms with Gasteiger partial charge in [-0.15, -0.1) is 0 Å². The van der Waals surface area contributed by atoms with Crippen molar-refractivity contribution in [3.05, 3.63) is 0 Å². The quantitative estimate of drug-likeness (QED) is 0.816. The molecule has 0 saturated carbocycles. The van der Waals surface area contributed by atoms with Crippen molar-refractivity contribution in [3.63, 3.8) is 0 Å². The Bertz CT molecular complexity index is 442. The van der Waals surface area contributed by atoms with Crippen LogP contribution in [0.3, 0.4) is 0 Å². The van der Waals surface area contributed by atoms with Crippen molar-refractivity contribution in [2.45, 2.75) is 44.7 Å². The van der Waals surface area contributed by atoms with E-state index in [1.54, 1.807) is 4.31 Å². The minimum Gasteiger partial charge on any atom is -0.378 e. The van der Waals surface area contributed by atoms with E-state index in [2.05, 4.69) is 16.5 Å². The molecule has 3 saturated heterocycles. The Hall–Kier alpha value is -0.210. The van der Waals surface area contributed by atoms with E-state index in [-0.39, 0.29) is 12.1 Å². The number of ether oxygens (including phenoxy) is 1. The molecule has 0 bridgehead atoms. The Kier molecular flexibility index (Phi) is 4.85. The van der Waals surface area contributed by atoms with Crippen LogP contribution in [0.1, 0.15) is 32.6 Å². The number of hydrogen-bond acceptors (Lipinski definition) is 4. The fraction of sp³-hybridized carbons (Fsp3) is 1.00. The van der Waals surface area contributed by atoms with Gasteiger partial charge in [-0.3, -0.25) is 4.90 Å². The second-order valence-corrected chi connectivity index (χ2v) is 8.36. The molecule has 21 heavy (non-hydrogen) atoms. The van der Waals surface area contributed by atoms with Gasteiger partial charge in [0, 0.05) is 13.1 Å². The summed E-state index contributed by atoms with van der Waals surface area (Å²) in [4.78, 5) is 2.37. The van der Waals surface area contributed by atoms with Crippen LogP contribution in [0.4, 0.5) is 0 Å². The molecule has 3 rings (SSSR count). The van der Waals surface area contributed by atoms with Crippen LogP contribution >= 0.6 is 0 Å². The van der Waals surface area contributed by atoms with Crippen LogP contribution in [0.15, 0.2) is 0 Å². The van der Waals surface area contributed by atoms with Gasteiger partial charge in [0.15, 0.2) is 0 Å². The maximum Gasteiger partial charge on any atom is 0.279 e. The number of nitrogens with one attached hydrogen (secondary N) is 1.